The molecule has 1 aliphatic rings. The third-order valence-corrected chi connectivity index (χ3v) is 4.14. The van der Waals surface area contributed by atoms with Gasteiger partial charge in [-0.2, -0.15) is 0 Å². The first-order valence-corrected chi connectivity index (χ1v) is 6.89. The number of thiazole rings is 1. The summed E-state index contributed by atoms with van der Waals surface area (Å²) in [7, 11) is 0. The molecule has 2 nitrogen and oxygen atoms in total. The predicted molar refractivity (Wildman–Crippen MR) is 64.9 cm³/mol. The summed E-state index contributed by atoms with van der Waals surface area (Å²) in [5.74, 6) is 0. The van der Waals surface area contributed by atoms with Gasteiger partial charge in [0.2, 0.25) is 0 Å². The van der Waals surface area contributed by atoms with Gasteiger partial charge in [-0.1, -0.05) is 25.7 Å². The number of anilines is 1. The van der Waals surface area contributed by atoms with Crippen LogP contribution in [0, 0.1) is 0 Å². The SMILES string of the molecule is Brc1csc(NC2CCCCCC2)n1. The van der Waals surface area contributed by atoms with Gasteiger partial charge < -0.3 is 5.32 Å². The predicted octanol–water partition coefficient (Wildman–Crippen LogP) is 4.04. The molecule has 0 bridgehead atoms. The lowest BCUT2D eigenvalue weighted by molar-refractivity contribution is 0.619. The number of hydrogen-bond acceptors (Lipinski definition) is 3. The number of nitrogens with one attached hydrogen (secondary N) is 1. The summed E-state index contributed by atoms with van der Waals surface area (Å²) in [5, 5.41) is 6.60. The minimum Gasteiger partial charge on any atom is -0.359 e. The summed E-state index contributed by atoms with van der Waals surface area (Å²) in [5.41, 5.74) is 0. The molecule has 1 fully saturated rings. The molecule has 0 atom stereocenters. The molecule has 1 aliphatic carbocycles. The molecule has 1 N–H and O–H groups in total. The van der Waals surface area contributed by atoms with Crippen LogP contribution in [0.3, 0.4) is 0 Å². The Morgan fingerprint density at radius 3 is 2.57 bits per heavy atom. The maximum atomic E-state index is 4.36. The Kier molecular flexibility index (Phi) is 3.81. The van der Waals surface area contributed by atoms with Gasteiger partial charge in [-0.25, -0.2) is 4.98 Å². The highest BCUT2D eigenvalue weighted by Gasteiger charge is 2.12. The zero-order valence-corrected chi connectivity index (χ0v) is 10.5. The second-order valence-electron chi connectivity index (χ2n) is 3.81. The molecule has 0 aliphatic heterocycles. The summed E-state index contributed by atoms with van der Waals surface area (Å²) in [6.45, 7) is 0. The Labute approximate surface area is 97.3 Å². The average molecular weight is 275 g/mol. The van der Waals surface area contributed by atoms with Crippen molar-refractivity contribution in [2.24, 2.45) is 0 Å². The van der Waals surface area contributed by atoms with Crippen LogP contribution < -0.4 is 5.32 Å². The van der Waals surface area contributed by atoms with Crippen molar-refractivity contribution in [1.82, 2.24) is 4.98 Å². The van der Waals surface area contributed by atoms with E-state index in [9.17, 15) is 0 Å². The lowest BCUT2D eigenvalue weighted by Gasteiger charge is -2.14. The molecule has 0 saturated heterocycles. The van der Waals surface area contributed by atoms with Gasteiger partial charge in [0.15, 0.2) is 5.13 Å². The minimum atomic E-state index is 0.649. The van der Waals surface area contributed by atoms with Crippen molar-refractivity contribution in [2.45, 2.75) is 44.6 Å². The zero-order valence-electron chi connectivity index (χ0n) is 8.13. The van der Waals surface area contributed by atoms with Gasteiger partial charge in [0.05, 0.1) is 0 Å². The number of halogens is 1. The van der Waals surface area contributed by atoms with Crippen LogP contribution in [0.2, 0.25) is 0 Å². The van der Waals surface area contributed by atoms with Gasteiger partial charge in [-0.15, -0.1) is 11.3 Å². The lowest BCUT2D eigenvalue weighted by Crippen LogP contribution is -2.17. The zero-order chi connectivity index (χ0) is 9.80. The molecule has 1 aromatic heterocycles. The van der Waals surface area contributed by atoms with Crippen molar-refractivity contribution in [3.05, 3.63) is 9.98 Å². The van der Waals surface area contributed by atoms with Crippen molar-refractivity contribution >= 4 is 32.4 Å². The molecule has 0 radical (unpaired) electrons. The van der Waals surface area contributed by atoms with Crippen molar-refractivity contribution in [3.63, 3.8) is 0 Å². The first-order chi connectivity index (χ1) is 6.84. The van der Waals surface area contributed by atoms with Gasteiger partial charge in [-0.05, 0) is 28.8 Å². The maximum absolute atomic E-state index is 4.36. The van der Waals surface area contributed by atoms with Gasteiger partial charge in [0, 0.05) is 11.4 Å². The molecule has 78 valence electrons. The largest absolute Gasteiger partial charge is 0.359 e. The van der Waals surface area contributed by atoms with E-state index in [0.717, 1.165) is 9.73 Å². The number of rotatable bonds is 2. The fourth-order valence-electron chi connectivity index (χ4n) is 1.92. The molecule has 2 rings (SSSR count). The molecule has 0 spiro atoms. The molecule has 0 aromatic carbocycles. The van der Waals surface area contributed by atoms with Gasteiger partial charge >= 0.3 is 0 Å². The van der Waals surface area contributed by atoms with E-state index in [1.165, 1.54) is 38.5 Å². The average Bonchev–Trinajstić information content (AvgIpc) is 2.43. The number of nitrogens with zero attached hydrogens (tertiary/aromatic N) is 1. The van der Waals surface area contributed by atoms with E-state index in [2.05, 4.69) is 26.2 Å². The Balaban J connectivity index is 1.89. The van der Waals surface area contributed by atoms with Crippen LogP contribution in [0.1, 0.15) is 38.5 Å². The van der Waals surface area contributed by atoms with Crippen LogP contribution in [0.15, 0.2) is 9.98 Å². The van der Waals surface area contributed by atoms with Crippen LogP contribution in [-0.2, 0) is 0 Å². The van der Waals surface area contributed by atoms with Gasteiger partial charge in [0.25, 0.3) is 0 Å². The summed E-state index contributed by atoms with van der Waals surface area (Å²) in [4.78, 5) is 4.36. The summed E-state index contributed by atoms with van der Waals surface area (Å²) in [6.07, 6.45) is 8.14. The van der Waals surface area contributed by atoms with E-state index in [-0.39, 0.29) is 0 Å². The van der Waals surface area contributed by atoms with Gasteiger partial charge in [0.1, 0.15) is 4.60 Å². The Morgan fingerprint density at radius 2 is 2.00 bits per heavy atom. The van der Waals surface area contributed by atoms with Crippen molar-refractivity contribution in [3.8, 4) is 0 Å². The molecule has 1 saturated carbocycles. The van der Waals surface area contributed by atoms with Crippen LogP contribution in [-0.4, -0.2) is 11.0 Å². The van der Waals surface area contributed by atoms with Crippen molar-refractivity contribution in [2.75, 3.05) is 5.32 Å². The molecule has 1 heterocycles. The lowest BCUT2D eigenvalue weighted by atomic mass is 10.1. The number of aromatic nitrogens is 1. The van der Waals surface area contributed by atoms with Gasteiger partial charge in [-0.3, -0.25) is 0 Å². The van der Waals surface area contributed by atoms with E-state index in [1.54, 1.807) is 11.3 Å². The minimum absolute atomic E-state index is 0.649. The topological polar surface area (TPSA) is 24.9 Å². The molecular formula is C10H15BrN2S. The first kappa shape index (κ1) is 10.4. The molecule has 0 amide bonds. The molecule has 1 aromatic rings. The van der Waals surface area contributed by atoms with E-state index in [4.69, 9.17) is 0 Å². The summed E-state index contributed by atoms with van der Waals surface area (Å²) in [6, 6.07) is 0.649. The highest BCUT2D eigenvalue weighted by atomic mass is 79.9. The van der Waals surface area contributed by atoms with E-state index in [0.29, 0.717) is 6.04 Å². The highest BCUT2D eigenvalue weighted by Crippen LogP contribution is 2.24. The smallest absolute Gasteiger partial charge is 0.183 e. The van der Waals surface area contributed by atoms with Crippen LogP contribution >= 0.6 is 27.3 Å². The normalized spacial score (nSPS) is 19.2. The first-order valence-electron chi connectivity index (χ1n) is 5.22. The summed E-state index contributed by atoms with van der Waals surface area (Å²) >= 11 is 5.05. The number of hydrogen-bond donors (Lipinski definition) is 1. The van der Waals surface area contributed by atoms with E-state index in [1.807, 2.05) is 5.38 Å². The standard InChI is InChI=1S/C10H15BrN2S/c11-9-7-14-10(13-9)12-8-5-3-1-2-4-6-8/h7-8H,1-6H2,(H,12,13). The molecular weight excluding hydrogens is 260 g/mol. The maximum Gasteiger partial charge on any atom is 0.183 e. The fraction of sp³-hybridized carbons (Fsp3) is 0.700. The highest BCUT2D eigenvalue weighted by molar-refractivity contribution is 9.10. The van der Waals surface area contributed by atoms with Crippen LogP contribution in [0.25, 0.3) is 0 Å². The Hall–Kier alpha value is -0.0900. The Bertz CT molecular complexity index is 279. The van der Waals surface area contributed by atoms with E-state index >= 15 is 0 Å². The summed E-state index contributed by atoms with van der Waals surface area (Å²) < 4.78 is 0.943. The Morgan fingerprint density at radius 1 is 1.29 bits per heavy atom. The monoisotopic (exact) mass is 274 g/mol. The van der Waals surface area contributed by atoms with Crippen molar-refractivity contribution < 1.29 is 0 Å². The van der Waals surface area contributed by atoms with E-state index < -0.39 is 0 Å². The fourth-order valence-corrected chi connectivity index (χ4v) is 3.14. The third-order valence-electron chi connectivity index (χ3n) is 2.66. The molecule has 14 heavy (non-hydrogen) atoms. The quantitative estimate of drug-likeness (QED) is 0.824. The molecule has 0 unspecified atom stereocenters. The van der Waals surface area contributed by atoms with Crippen LogP contribution in [0.4, 0.5) is 5.13 Å². The second-order valence-corrected chi connectivity index (χ2v) is 5.48. The third kappa shape index (κ3) is 2.95. The second kappa shape index (κ2) is 5.12. The molecule has 4 heteroatoms. The van der Waals surface area contributed by atoms with Crippen molar-refractivity contribution in [1.29, 1.82) is 0 Å². The van der Waals surface area contributed by atoms with Crippen LogP contribution in [0.5, 0.6) is 0 Å².